The standard InChI is InChI=1S/C24H22FN5O4S/c25-17-4-7-19(8-5-17)29-10-12-30(13-11-29)35(33,34)20-3-1-2-16(14-20)23(31)26-18-6-9-21-22(15-18)28-24(32)27-21/h1-9,14-15H,10-13H2,(H,26,31)(H2,27,28,32). The monoisotopic (exact) mass is 495 g/mol. The van der Waals surface area contributed by atoms with Crippen molar-refractivity contribution < 1.29 is 17.6 Å². The van der Waals surface area contributed by atoms with Crippen molar-refractivity contribution in [2.45, 2.75) is 4.90 Å². The largest absolute Gasteiger partial charge is 0.369 e. The first kappa shape index (κ1) is 22.8. The summed E-state index contributed by atoms with van der Waals surface area (Å²) in [6.07, 6.45) is 0. The predicted molar refractivity (Wildman–Crippen MR) is 131 cm³/mol. The van der Waals surface area contributed by atoms with Crippen LogP contribution in [0.2, 0.25) is 0 Å². The predicted octanol–water partition coefficient (Wildman–Crippen LogP) is 2.76. The number of anilines is 2. The van der Waals surface area contributed by atoms with Crippen LogP contribution in [0.1, 0.15) is 10.4 Å². The molecule has 3 aromatic carbocycles. The number of hydrogen-bond donors (Lipinski definition) is 3. The van der Waals surface area contributed by atoms with Gasteiger partial charge in [-0.2, -0.15) is 4.31 Å². The molecule has 0 aliphatic carbocycles. The molecule has 0 spiro atoms. The Morgan fingerprint density at radius 1 is 0.886 bits per heavy atom. The minimum absolute atomic E-state index is 0.0331. The van der Waals surface area contributed by atoms with E-state index in [1.807, 2.05) is 4.90 Å². The first-order chi connectivity index (χ1) is 16.8. The quantitative estimate of drug-likeness (QED) is 0.394. The number of H-pyrrole nitrogens is 2. The van der Waals surface area contributed by atoms with Gasteiger partial charge in [0.25, 0.3) is 5.91 Å². The Kier molecular flexibility index (Phi) is 5.87. The van der Waals surface area contributed by atoms with Crippen molar-refractivity contribution >= 4 is 38.3 Å². The fourth-order valence-electron chi connectivity index (χ4n) is 4.10. The number of carbonyl (C=O) groups excluding carboxylic acids is 1. The number of sulfonamides is 1. The van der Waals surface area contributed by atoms with Crippen molar-refractivity contribution in [2.75, 3.05) is 36.4 Å². The molecule has 11 heteroatoms. The van der Waals surface area contributed by atoms with Gasteiger partial charge in [0.05, 0.1) is 15.9 Å². The van der Waals surface area contributed by atoms with Gasteiger partial charge in [-0.15, -0.1) is 0 Å². The van der Waals surface area contributed by atoms with Gasteiger partial charge >= 0.3 is 5.69 Å². The summed E-state index contributed by atoms with van der Waals surface area (Å²) in [6, 6.07) is 16.9. The maximum atomic E-state index is 13.2. The molecule has 35 heavy (non-hydrogen) atoms. The lowest BCUT2D eigenvalue weighted by Gasteiger charge is -2.35. The third-order valence-corrected chi connectivity index (χ3v) is 7.83. The summed E-state index contributed by atoms with van der Waals surface area (Å²) in [7, 11) is -3.81. The van der Waals surface area contributed by atoms with Crippen LogP contribution >= 0.6 is 0 Å². The number of nitrogens with one attached hydrogen (secondary N) is 3. The molecular weight excluding hydrogens is 473 g/mol. The van der Waals surface area contributed by atoms with E-state index >= 15 is 0 Å². The van der Waals surface area contributed by atoms with Crippen molar-refractivity contribution in [3.8, 4) is 0 Å². The normalized spacial score (nSPS) is 14.8. The van der Waals surface area contributed by atoms with E-state index in [0.717, 1.165) is 5.69 Å². The van der Waals surface area contributed by atoms with E-state index in [2.05, 4.69) is 15.3 Å². The zero-order valence-electron chi connectivity index (χ0n) is 18.5. The summed E-state index contributed by atoms with van der Waals surface area (Å²) < 4.78 is 41.1. The summed E-state index contributed by atoms with van der Waals surface area (Å²) in [5.41, 5.74) is 2.30. The molecule has 0 saturated carbocycles. The van der Waals surface area contributed by atoms with Crippen molar-refractivity contribution in [2.24, 2.45) is 0 Å². The summed E-state index contributed by atoms with van der Waals surface area (Å²) in [6.45, 7) is 1.47. The van der Waals surface area contributed by atoms with E-state index in [1.54, 1.807) is 30.3 Å². The molecule has 1 amide bonds. The Bertz CT molecular complexity index is 1550. The van der Waals surface area contributed by atoms with E-state index in [-0.39, 0.29) is 35.1 Å². The molecule has 1 aliphatic rings. The van der Waals surface area contributed by atoms with E-state index < -0.39 is 15.9 Å². The van der Waals surface area contributed by atoms with Crippen LogP contribution in [0.15, 0.2) is 76.4 Å². The number of amides is 1. The number of fused-ring (bicyclic) bond motifs is 1. The lowest BCUT2D eigenvalue weighted by molar-refractivity contribution is 0.102. The zero-order chi connectivity index (χ0) is 24.6. The van der Waals surface area contributed by atoms with Crippen LogP contribution in [-0.2, 0) is 10.0 Å². The smallest absolute Gasteiger partial charge is 0.323 e. The van der Waals surface area contributed by atoms with Gasteiger partial charge in [0.15, 0.2) is 0 Å². The van der Waals surface area contributed by atoms with E-state index in [4.69, 9.17) is 0 Å². The van der Waals surface area contributed by atoms with Crippen molar-refractivity contribution in [1.29, 1.82) is 0 Å². The van der Waals surface area contributed by atoms with Gasteiger partial charge < -0.3 is 20.2 Å². The number of piperazine rings is 1. The average molecular weight is 496 g/mol. The number of benzene rings is 3. The number of halogens is 1. The Morgan fingerprint density at radius 2 is 1.60 bits per heavy atom. The first-order valence-corrected chi connectivity index (χ1v) is 12.4. The number of hydrogen-bond acceptors (Lipinski definition) is 5. The highest BCUT2D eigenvalue weighted by Crippen LogP contribution is 2.23. The van der Waals surface area contributed by atoms with Crippen LogP contribution in [0.25, 0.3) is 11.0 Å². The van der Waals surface area contributed by atoms with E-state index in [1.165, 1.54) is 40.7 Å². The summed E-state index contributed by atoms with van der Waals surface area (Å²) >= 11 is 0. The molecule has 0 unspecified atom stereocenters. The van der Waals surface area contributed by atoms with Crippen molar-refractivity contribution in [3.05, 3.63) is 88.6 Å². The summed E-state index contributed by atoms with van der Waals surface area (Å²) in [5, 5.41) is 2.73. The Balaban J connectivity index is 1.29. The molecule has 180 valence electrons. The Labute approximate surface area is 200 Å². The number of carbonyl (C=O) groups is 1. The Morgan fingerprint density at radius 3 is 2.34 bits per heavy atom. The number of imidazole rings is 1. The zero-order valence-corrected chi connectivity index (χ0v) is 19.3. The van der Waals surface area contributed by atoms with Gasteiger partial charge in [-0.3, -0.25) is 4.79 Å². The number of rotatable bonds is 5. The minimum atomic E-state index is -3.81. The van der Waals surface area contributed by atoms with Crippen molar-refractivity contribution in [1.82, 2.24) is 14.3 Å². The molecule has 4 aromatic rings. The SMILES string of the molecule is O=C(Nc1ccc2[nH]c(=O)[nH]c2c1)c1cccc(S(=O)(=O)N2CCN(c3ccc(F)cc3)CC2)c1. The highest BCUT2D eigenvalue weighted by Gasteiger charge is 2.29. The van der Waals surface area contributed by atoms with Gasteiger partial charge in [-0.25, -0.2) is 17.6 Å². The molecule has 3 N–H and O–H groups in total. The third kappa shape index (κ3) is 4.68. The Hall–Kier alpha value is -3.96. The maximum absolute atomic E-state index is 13.2. The van der Waals surface area contributed by atoms with Crippen LogP contribution < -0.4 is 15.9 Å². The molecule has 5 rings (SSSR count). The number of nitrogens with zero attached hydrogens (tertiary/aromatic N) is 2. The van der Waals surface area contributed by atoms with Crippen LogP contribution in [-0.4, -0.2) is 54.8 Å². The van der Waals surface area contributed by atoms with Crippen LogP contribution in [0.5, 0.6) is 0 Å². The highest BCUT2D eigenvalue weighted by atomic mass is 32.2. The summed E-state index contributed by atoms with van der Waals surface area (Å²) in [4.78, 5) is 31.5. The third-order valence-electron chi connectivity index (χ3n) is 5.94. The molecule has 0 atom stereocenters. The molecule has 0 radical (unpaired) electrons. The average Bonchev–Trinajstić information content (AvgIpc) is 3.24. The van der Waals surface area contributed by atoms with Crippen LogP contribution in [0, 0.1) is 5.82 Å². The van der Waals surface area contributed by atoms with Gasteiger partial charge in [0.1, 0.15) is 5.82 Å². The molecule has 1 aromatic heterocycles. The van der Waals surface area contributed by atoms with E-state index in [0.29, 0.717) is 29.8 Å². The molecule has 1 fully saturated rings. The fraction of sp³-hybridized carbons (Fsp3) is 0.167. The highest BCUT2D eigenvalue weighted by molar-refractivity contribution is 7.89. The second kappa shape index (κ2) is 9.01. The van der Waals surface area contributed by atoms with E-state index in [9.17, 15) is 22.4 Å². The lowest BCUT2D eigenvalue weighted by Crippen LogP contribution is -2.48. The fourth-order valence-corrected chi connectivity index (χ4v) is 5.57. The second-order valence-corrected chi connectivity index (χ2v) is 10.1. The maximum Gasteiger partial charge on any atom is 0.323 e. The van der Waals surface area contributed by atoms with Crippen LogP contribution in [0.3, 0.4) is 0 Å². The van der Waals surface area contributed by atoms with Gasteiger partial charge in [0.2, 0.25) is 10.0 Å². The van der Waals surface area contributed by atoms with Gasteiger partial charge in [0, 0.05) is 43.1 Å². The molecule has 2 heterocycles. The van der Waals surface area contributed by atoms with Crippen LogP contribution in [0.4, 0.5) is 15.8 Å². The first-order valence-electron chi connectivity index (χ1n) is 10.9. The molecule has 9 nitrogen and oxygen atoms in total. The lowest BCUT2D eigenvalue weighted by atomic mass is 10.2. The van der Waals surface area contributed by atoms with Gasteiger partial charge in [-0.1, -0.05) is 6.07 Å². The summed E-state index contributed by atoms with van der Waals surface area (Å²) in [5.74, 6) is -0.792. The molecule has 1 saturated heterocycles. The number of aromatic amines is 2. The van der Waals surface area contributed by atoms with Crippen molar-refractivity contribution in [3.63, 3.8) is 0 Å². The second-order valence-electron chi connectivity index (χ2n) is 8.19. The minimum Gasteiger partial charge on any atom is -0.369 e. The number of aromatic nitrogens is 2. The molecular formula is C24H22FN5O4S. The molecule has 1 aliphatic heterocycles. The topological polar surface area (TPSA) is 118 Å². The van der Waals surface area contributed by atoms with Gasteiger partial charge in [-0.05, 0) is 60.7 Å². The molecule has 0 bridgehead atoms.